The van der Waals surface area contributed by atoms with E-state index in [1.54, 1.807) is 16.7 Å². The van der Waals surface area contributed by atoms with E-state index in [2.05, 4.69) is 11.7 Å². The second-order valence-corrected chi connectivity index (χ2v) is 7.93. The van der Waals surface area contributed by atoms with E-state index >= 15 is 0 Å². The molecule has 1 aliphatic heterocycles. The second kappa shape index (κ2) is 8.95. The number of hydrogen-bond acceptors (Lipinski definition) is 7. The van der Waals surface area contributed by atoms with Gasteiger partial charge in [0.25, 0.3) is 5.91 Å². The van der Waals surface area contributed by atoms with Gasteiger partial charge in [-0.2, -0.15) is 0 Å². The van der Waals surface area contributed by atoms with Crippen molar-refractivity contribution in [2.45, 2.75) is 23.5 Å². The number of fused-ring (bicyclic) bond motifs is 1. The monoisotopic (exact) mass is 416 g/mol. The highest BCUT2D eigenvalue weighted by Gasteiger charge is 2.26. The quantitative estimate of drug-likeness (QED) is 0.416. The molecule has 0 saturated carbocycles. The zero-order chi connectivity index (χ0) is 21.0. The summed E-state index contributed by atoms with van der Waals surface area (Å²) in [5.41, 5.74) is 0.442. The minimum absolute atomic E-state index is 0.0327. The van der Waals surface area contributed by atoms with E-state index in [0.717, 1.165) is 23.1 Å². The van der Waals surface area contributed by atoms with Gasteiger partial charge in [-0.3, -0.25) is 14.9 Å². The summed E-state index contributed by atoms with van der Waals surface area (Å²) in [5, 5.41) is 11.7. The van der Waals surface area contributed by atoms with E-state index in [4.69, 9.17) is 4.74 Å². The average molecular weight is 416 g/mol. The van der Waals surface area contributed by atoms with Crippen molar-refractivity contribution in [3.05, 3.63) is 58.1 Å². The van der Waals surface area contributed by atoms with E-state index in [0.29, 0.717) is 11.8 Å². The number of para-hydroxylation sites is 1. The minimum Gasteiger partial charge on any atom is -0.477 e. The van der Waals surface area contributed by atoms with Crippen molar-refractivity contribution in [1.82, 2.24) is 0 Å². The molecule has 1 unspecified atom stereocenters. The Morgan fingerprint density at radius 2 is 2.03 bits per heavy atom. The van der Waals surface area contributed by atoms with Crippen LogP contribution in [-0.2, 0) is 9.53 Å². The van der Waals surface area contributed by atoms with Gasteiger partial charge >= 0.3 is 11.7 Å². The molecular formula is C20H20N2O6S. The Morgan fingerprint density at radius 1 is 1.28 bits per heavy atom. The lowest BCUT2D eigenvalue weighted by atomic mass is 10.2. The van der Waals surface area contributed by atoms with Crippen LogP contribution in [0.1, 0.15) is 23.7 Å². The molecule has 8 nitrogen and oxygen atoms in total. The fraction of sp³-hybridized carbons (Fsp3) is 0.300. The number of esters is 1. The van der Waals surface area contributed by atoms with E-state index in [9.17, 15) is 19.7 Å². The summed E-state index contributed by atoms with van der Waals surface area (Å²) in [5.74, 6) is -1.07. The van der Waals surface area contributed by atoms with Crippen LogP contribution in [0.15, 0.2) is 47.4 Å². The molecule has 0 N–H and O–H groups in total. The molecule has 0 saturated heterocycles. The fourth-order valence-electron chi connectivity index (χ4n) is 2.99. The lowest BCUT2D eigenvalue weighted by Gasteiger charge is -2.22. The molecule has 0 aliphatic carbocycles. The van der Waals surface area contributed by atoms with Crippen molar-refractivity contribution in [3.8, 4) is 5.75 Å². The van der Waals surface area contributed by atoms with Crippen molar-refractivity contribution >= 4 is 35.0 Å². The van der Waals surface area contributed by atoms with Crippen LogP contribution in [0.25, 0.3) is 0 Å². The third-order valence-electron chi connectivity index (χ3n) is 4.47. The maximum Gasteiger partial charge on any atom is 0.338 e. The zero-order valence-electron chi connectivity index (χ0n) is 16.0. The molecule has 1 atom stereocenters. The molecule has 3 rings (SSSR count). The molecule has 1 amide bonds. The van der Waals surface area contributed by atoms with Crippen molar-refractivity contribution in [1.29, 1.82) is 0 Å². The van der Waals surface area contributed by atoms with Gasteiger partial charge in [0.05, 0.1) is 23.3 Å². The summed E-state index contributed by atoms with van der Waals surface area (Å²) >= 11 is 1.71. The van der Waals surface area contributed by atoms with Crippen LogP contribution in [0, 0.1) is 10.1 Å². The molecule has 29 heavy (non-hydrogen) atoms. The Kier molecular flexibility index (Phi) is 6.38. The largest absolute Gasteiger partial charge is 0.477 e. The summed E-state index contributed by atoms with van der Waals surface area (Å²) in [7, 11) is 1.19. The van der Waals surface area contributed by atoms with Gasteiger partial charge < -0.3 is 14.4 Å². The van der Waals surface area contributed by atoms with Gasteiger partial charge in [0.2, 0.25) is 0 Å². The Labute approximate surface area is 171 Å². The standard InChI is InChI=1S/C20H20N2O6S/c1-13-9-10-21(15-5-3-4-6-18(15)29-13)19(23)12-28-17-8-7-14(20(24)27-2)11-16(17)22(25)26/h3-8,11,13H,9-10,12H2,1-2H3. The Hall–Kier alpha value is -3.07. The smallest absolute Gasteiger partial charge is 0.338 e. The third kappa shape index (κ3) is 4.68. The molecule has 152 valence electrons. The number of thioether (sulfide) groups is 1. The molecule has 0 bridgehead atoms. The number of nitrogens with zero attached hydrogens (tertiary/aromatic N) is 2. The minimum atomic E-state index is -0.691. The van der Waals surface area contributed by atoms with Crippen LogP contribution in [0.5, 0.6) is 5.75 Å². The van der Waals surface area contributed by atoms with Crippen LogP contribution < -0.4 is 9.64 Å². The maximum absolute atomic E-state index is 12.8. The van der Waals surface area contributed by atoms with Gasteiger partial charge in [0.15, 0.2) is 12.4 Å². The number of benzene rings is 2. The normalized spacial score (nSPS) is 15.8. The highest BCUT2D eigenvalue weighted by molar-refractivity contribution is 8.00. The Balaban J connectivity index is 1.79. The highest BCUT2D eigenvalue weighted by Crippen LogP contribution is 2.37. The number of carbonyl (C=O) groups is 2. The SMILES string of the molecule is COC(=O)c1ccc(OCC(=O)N2CCC(C)Sc3ccccc32)c([N+](=O)[O-])c1. The molecule has 1 aliphatic rings. The number of rotatable bonds is 5. The second-order valence-electron chi connectivity index (χ2n) is 6.45. The van der Waals surface area contributed by atoms with E-state index in [1.165, 1.54) is 19.2 Å². The maximum atomic E-state index is 12.8. The van der Waals surface area contributed by atoms with Crippen LogP contribution >= 0.6 is 11.8 Å². The number of nitro benzene ring substituents is 1. The molecule has 0 aromatic heterocycles. The topological polar surface area (TPSA) is 99.0 Å². The molecule has 2 aromatic carbocycles. The van der Waals surface area contributed by atoms with Crippen LogP contribution in [0.3, 0.4) is 0 Å². The first-order chi connectivity index (χ1) is 13.9. The number of carbonyl (C=O) groups excluding carboxylic acids is 2. The number of nitro groups is 1. The van der Waals surface area contributed by atoms with Gasteiger partial charge in [0.1, 0.15) is 0 Å². The molecule has 1 heterocycles. The summed E-state index contributed by atoms with van der Waals surface area (Å²) in [4.78, 5) is 37.8. The highest BCUT2D eigenvalue weighted by atomic mass is 32.2. The first-order valence-electron chi connectivity index (χ1n) is 8.96. The molecule has 2 aromatic rings. The summed E-state index contributed by atoms with van der Waals surface area (Å²) in [6.45, 7) is 2.29. The molecule has 0 spiro atoms. The third-order valence-corrected chi connectivity index (χ3v) is 5.71. The van der Waals surface area contributed by atoms with Crippen LogP contribution in [-0.4, -0.2) is 42.3 Å². The average Bonchev–Trinajstić information content (AvgIpc) is 2.89. The number of ether oxygens (including phenoxy) is 2. The van der Waals surface area contributed by atoms with Crippen LogP contribution in [0.2, 0.25) is 0 Å². The lowest BCUT2D eigenvalue weighted by Crippen LogP contribution is -2.36. The Bertz CT molecular complexity index is 948. The van der Waals surface area contributed by atoms with Crippen molar-refractivity contribution in [3.63, 3.8) is 0 Å². The van der Waals surface area contributed by atoms with E-state index < -0.39 is 16.6 Å². The molecular weight excluding hydrogens is 396 g/mol. The first kappa shape index (κ1) is 20.7. The number of methoxy groups -OCH3 is 1. The molecule has 0 fully saturated rings. The summed E-state index contributed by atoms with van der Waals surface area (Å²) < 4.78 is 10.0. The first-order valence-corrected chi connectivity index (χ1v) is 9.84. The molecule has 0 radical (unpaired) electrons. The fourth-order valence-corrected chi connectivity index (χ4v) is 4.10. The van der Waals surface area contributed by atoms with Crippen molar-refractivity contribution in [2.24, 2.45) is 0 Å². The predicted molar refractivity (Wildman–Crippen MR) is 109 cm³/mol. The van der Waals surface area contributed by atoms with E-state index in [1.807, 2.05) is 24.3 Å². The summed E-state index contributed by atoms with van der Waals surface area (Å²) in [6.07, 6.45) is 0.819. The van der Waals surface area contributed by atoms with Gasteiger partial charge in [-0.1, -0.05) is 19.1 Å². The van der Waals surface area contributed by atoms with Crippen molar-refractivity contribution < 1.29 is 24.0 Å². The van der Waals surface area contributed by atoms with Crippen LogP contribution in [0.4, 0.5) is 11.4 Å². The molecule has 9 heteroatoms. The van der Waals surface area contributed by atoms with Gasteiger partial charge in [-0.15, -0.1) is 11.8 Å². The predicted octanol–water partition coefficient (Wildman–Crippen LogP) is 3.68. The lowest BCUT2D eigenvalue weighted by molar-refractivity contribution is -0.385. The van der Waals surface area contributed by atoms with Gasteiger partial charge in [0, 0.05) is 22.8 Å². The van der Waals surface area contributed by atoms with Gasteiger partial charge in [-0.05, 0) is 30.7 Å². The van der Waals surface area contributed by atoms with Crippen molar-refractivity contribution in [2.75, 3.05) is 25.2 Å². The number of amides is 1. The number of anilines is 1. The Morgan fingerprint density at radius 3 is 2.76 bits per heavy atom. The summed E-state index contributed by atoms with van der Waals surface area (Å²) in [6, 6.07) is 11.4. The zero-order valence-corrected chi connectivity index (χ0v) is 16.8. The van der Waals surface area contributed by atoms with Gasteiger partial charge in [-0.25, -0.2) is 4.79 Å². The van der Waals surface area contributed by atoms with E-state index in [-0.39, 0.29) is 23.8 Å². The number of hydrogen-bond donors (Lipinski definition) is 0.